The van der Waals surface area contributed by atoms with Gasteiger partial charge in [0.25, 0.3) is 0 Å². The van der Waals surface area contributed by atoms with Crippen molar-refractivity contribution >= 4 is 29.0 Å². The van der Waals surface area contributed by atoms with Crippen LogP contribution >= 0.6 is 11.6 Å². The van der Waals surface area contributed by atoms with Crippen LogP contribution in [0.25, 0.3) is 0 Å². The zero-order valence-corrected chi connectivity index (χ0v) is 26.7. The molecule has 0 saturated heterocycles. The Labute approximate surface area is 261 Å². The van der Waals surface area contributed by atoms with E-state index in [9.17, 15) is 10.1 Å². The number of carbonyl (C=O) groups is 1. The van der Waals surface area contributed by atoms with E-state index in [0.717, 1.165) is 72.0 Å². The number of rotatable bonds is 12. The SMILES string of the molecule is C=CC(=O)N1CCN(c2nc(OC[C@H](CCCC)/C(C)=C\C)nc3c2CCN(c2cccc(Cl)c2CC)C3)C=C1CC#N. The van der Waals surface area contributed by atoms with Gasteiger partial charge in [0, 0.05) is 48.0 Å². The van der Waals surface area contributed by atoms with Gasteiger partial charge < -0.3 is 19.4 Å². The molecule has 2 aromatic rings. The number of unbranched alkanes of at least 4 members (excludes halogenated alkanes) is 1. The Morgan fingerprint density at radius 1 is 1.26 bits per heavy atom. The Morgan fingerprint density at radius 3 is 2.77 bits per heavy atom. The highest BCUT2D eigenvalue weighted by Crippen LogP contribution is 2.35. The molecule has 2 aliphatic heterocycles. The lowest BCUT2D eigenvalue weighted by Gasteiger charge is -2.37. The molecule has 1 aromatic carbocycles. The topological polar surface area (TPSA) is 85.6 Å². The minimum absolute atomic E-state index is 0.108. The number of allylic oxidation sites excluding steroid dienone is 2. The molecule has 0 aliphatic carbocycles. The van der Waals surface area contributed by atoms with Crippen molar-refractivity contribution in [3.05, 3.63) is 76.2 Å². The summed E-state index contributed by atoms with van der Waals surface area (Å²) in [6, 6.07) is 8.61. The summed E-state index contributed by atoms with van der Waals surface area (Å²) in [5, 5.41) is 10.3. The molecule has 9 heteroatoms. The van der Waals surface area contributed by atoms with Crippen molar-refractivity contribution in [2.45, 2.75) is 72.8 Å². The normalized spacial score (nSPS) is 15.9. The van der Waals surface area contributed by atoms with Crippen LogP contribution in [0, 0.1) is 17.2 Å². The van der Waals surface area contributed by atoms with E-state index in [1.807, 2.05) is 23.2 Å². The second-order valence-corrected chi connectivity index (χ2v) is 11.5. The number of ether oxygens (including phenoxy) is 1. The number of fused-ring (bicyclic) bond motifs is 1. The number of anilines is 2. The van der Waals surface area contributed by atoms with Gasteiger partial charge >= 0.3 is 6.01 Å². The molecule has 4 rings (SSSR count). The fraction of sp³-hybridized carbons (Fsp3) is 0.471. The van der Waals surface area contributed by atoms with Gasteiger partial charge in [-0.25, -0.2) is 0 Å². The second-order valence-electron chi connectivity index (χ2n) is 11.0. The average Bonchev–Trinajstić information content (AvgIpc) is 3.03. The number of halogens is 1. The first-order valence-corrected chi connectivity index (χ1v) is 15.7. The van der Waals surface area contributed by atoms with Crippen molar-refractivity contribution in [2.75, 3.05) is 36.0 Å². The number of nitrogens with zero attached hydrogens (tertiary/aromatic N) is 6. The largest absolute Gasteiger partial charge is 0.463 e. The van der Waals surface area contributed by atoms with Crippen LogP contribution in [0.5, 0.6) is 6.01 Å². The van der Waals surface area contributed by atoms with Gasteiger partial charge in [-0.3, -0.25) is 4.79 Å². The molecule has 228 valence electrons. The third-order valence-corrected chi connectivity index (χ3v) is 8.77. The summed E-state index contributed by atoms with van der Waals surface area (Å²) < 4.78 is 6.36. The van der Waals surface area contributed by atoms with Crippen molar-refractivity contribution in [1.29, 1.82) is 5.26 Å². The third-order valence-electron chi connectivity index (χ3n) is 8.42. The summed E-state index contributed by atoms with van der Waals surface area (Å²) in [6.45, 7) is 15.0. The van der Waals surface area contributed by atoms with Gasteiger partial charge in [0.2, 0.25) is 5.91 Å². The number of aromatic nitrogens is 2. The molecule has 1 atom stereocenters. The van der Waals surface area contributed by atoms with Gasteiger partial charge in [-0.05, 0) is 56.9 Å². The van der Waals surface area contributed by atoms with E-state index in [4.69, 9.17) is 26.3 Å². The maximum atomic E-state index is 12.5. The van der Waals surface area contributed by atoms with E-state index >= 15 is 0 Å². The maximum Gasteiger partial charge on any atom is 0.318 e. The summed E-state index contributed by atoms with van der Waals surface area (Å²) in [4.78, 5) is 28.4. The van der Waals surface area contributed by atoms with Crippen molar-refractivity contribution in [2.24, 2.45) is 5.92 Å². The Bertz CT molecular complexity index is 1430. The summed E-state index contributed by atoms with van der Waals surface area (Å²) >= 11 is 6.58. The van der Waals surface area contributed by atoms with Crippen LogP contribution in [0.15, 0.2) is 54.4 Å². The Balaban J connectivity index is 1.74. The molecular weight excluding hydrogens is 560 g/mol. The molecule has 0 saturated carbocycles. The van der Waals surface area contributed by atoms with E-state index in [-0.39, 0.29) is 12.3 Å². The van der Waals surface area contributed by atoms with Gasteiger partial charge in [0.15, 0.2) is 0 Å². The van der Waals surface area contributed by atoms with E-state index < -0.39 is 0 Å². The molecule has 0 bridgehead atoms. The lowest BCUT2D eigenvalue weighted by molar-refractivity contribution is -0.124. The van der Waals surface area contributed by atoms with Gasteiger partial charge in [-0.1, -0.05) is 62.6 Å². The molecule has 2 aliphatic rings. The van der Waals surface area contributed by atoms with Crippen LogP contribution in [0.1, 0.15) is 70.2 Å². The van der Waals surface area contributed by atoms with Gasteiger partial charge in [0.1, 0.15) is 5.82 Å². The van der Waals surface area contributed by atoms with Crippen LogP contribution in [0.4, 0.5) is 11.5 Å². The lowest BCUT2D eigenvalue weighted by atomic mass is 9.95. The van der Waals surface area contributed by atoms with Crippen LogP contribution in [-0.4, -0.2) is 47.0 Å². The molecule has 1 aromatic heterocycles. The zero-order valence-electron chi connectivity index (χ0n) is 25.9. The quantitative estimate of drug-likeness (QED) is 0.191. The minimum Gasteiger partial charge on any atom is -0.463 e. The molecule has 0 radical (unpaired) electrons. The van der Waals surface area contributed by atoms with E-state index in [2.05, 4.69) is 57.4 Å². The maximum absolute atomic E-state index is 12.5. The first-order chi connectivity index (χ1) is 20.8. The molecule has 0 fully saturated rings. The highest BCUT2D eigenvalue weighted by Gasteiger charge is 2.30. The average molecular weight is 603 g/mol. The van der Waals surface area contributed by atoms with Gasteiger partial charge in [-0.15, -0.1) is 0 Å². The van der Waals surface area contributed by atoms with Crippen LogP contribution in [-0.2, 0) is 24.2 Å². The van der Waals surface area contributed by atoms with Crippen LogP contribution in [0.3, 0.4) is 0 Å². The molecule has 0 unspecified atom stereocenters. The molecule has 8 nitrogen and oxygen atoms in total. The smallest absolute Gasteiger partial charge is 0.318 e. The standard InChI is InChI=1S/C34H43ClN6O2/c1-6-10-12-25(24(5)7-2)23-43-34-37-30-22-39(31-14-11-13-29(35)27(31)8-3)18-16-28(30)33(38-34)40-19-20-41(32(42)9-4)26(21-40)15-17-36/h7,9,11,13-14,21,25H,4,6,8,10,12,15-16,18-20,22-23H2,1-3,5H3/b24-7-/t25-/m0/s1. The first kappa shape index (κ1) is 32.1. The summed E-state index contributed by atoms with van der Waals surface area (Å²) in [5.74, 6) is 0.852. The van der Waals surface area contributed by atoms with E-state index in [1.165, 1.54) is 11.6 Å². The van der Waals surface area contributed by atoms with E-state index in [0.29, 0.717) is 43.9 Å². The van der Waals surface area contributed by atoms with Crippen molar-refractivity contribution in [3.63, 3.8) is 0 Å². The van der Waals surface area contributed by atoms with Crippen LogP contribution < -0.4 is 14.5 Å². The van der Waals surface area contributed by atoms with E-state index in [1.54, 1.807) is 4.90 Å². The molecule has 0 spiro atoms. The lowest BCUT2D eigenvalue weighted by Crippen LogP contribution is -2.42. The molecule has 43 heavy (non-hydrogen) atoms. The summed E-state index contributed by atoms with van der Waals surface area (Å²) in [6.07, 6.45) is 10.3. The fourth-order valence-corrected chi connectivity index (χ4v) is 6.11. The number of nitriles is 1. The fourth-order valence-electron chi connectivity index (χ4n) is 5.81. The molecular formula is C34H43ClN6O2. The highest BCUT2D eigenvalue weighted by molar-refractivity contribution is 6.31. The predicted octanol–water partition coefficient (Wildman–Crippen LogP) is 7.00. The minimum atomic E-state index is -0.212. The summed E-state index contributed by atoms with van der Waals surface area (Å²) in [5.41, 5.74) is 6.16. The first-order valence-electron chi connectivity index (χ1n) is 15.3. The van der Waals surface area contributed by atoms with Crippen molar-refractivity contribution in [3.8, 4) is 12.1 Å². The number of benzene rings is 1. The van der Waals surface area contributed by atoms with Gasteiger partial charge in [0.05, 0.1) is 37.0 Å². The zero-order chi connectivity index (χ0) is 30.9. The predicted molar refractivity (Wildman–Crippen MR) is 173 cm³/mol. The number of hydrogen-bond donors (Lipinski definition) is 0. The molecule has 3 heterocycles. The monoisotopic (exact) mass is 602 g/mol. The number of amides is 1. The van der Waals surface area contributed by atoms with Crippen molar-refractivity contribution < 1.29 is 9.53 Å². The van der Waals surface area contributed by atoms with Crippen molar-refractivity contribution in [1.82, 2.24) is 14.9 Å². The van der Waals surface area contributed by atoms with Gasteiger partial charge in [-0.2, -0.15) is 15.2 Å². The number of hydrogen-bond acceptors (Lipinski definition) is 7. The Kier molecular flexibility index (Phi) is 11.2. The molecule has 1 amide bonds. The Morgan fingerprint density at radius 2 is 2.07 bits per heavy atom. The molecule has 0 N–H and O–H groups in total. The third kappa shape index (κ3) is 7.40. The highest BCUT2D eigenvalue weighted by atomic mass is 35.5. The Hall–Kier alpha value is -3.83. The summed E-state index contributed by atoms with van der Waals surface area (Å²) in [7, 11) is 0. The van der Waals surface area contributed by atoms with Crippen LogP contribution in [0.2, 0.25) is 5.02 Å². The number of carbonyl (C=O) groups excluding carboxylic acids is 1. The second kappa shape index (κ2) is 15.1.